The maximum Gasteiger partial charge on any atom is 0.306 e. The van der Waals surface area contributed by atoms with E-state index in [1.165, 1.54) is 0 Å². The van der Waals surface area contributed by atoms with Gasteiger partial charge in [-0.1, -0.05) is 6.92 Å². The summed E-state index contributed by atoms with van der Waals surface area (Å²) in [4.78, 5) is 22.2. The van der Waals surface area contributed by atoms with E-state index in [1.54, 1.807) is 6.92 Å². The molecule has 0 aromatic rings. The van der Waals surface area contributed by atoms with Crippen molar-refractivity contribution in [3.63, 3.8) is 0 Å². The van der Waals surface area contributed by atoms with Crippen molar-refractivity contribution in [3.05, 3.63) is 0 Å². The first-order valence-electron chi connectivity index (χ1n) is 5.25. The summed E-state index contributed by atoms with van der Waals surface area (Å²) in [6.07, 6.45) is 3.64. The molecule has 0 aromatic carbocycles. The molecule has 1 saturated carbocycles. The average molecular weight is 198 g/mol. The molecule has 0 atom stereocenters. The number of carbonyl (C=O) groups is 2. The number of ketones is 1. The van der Waals surface area contributed by atoms with E-state index in [1.807, 2.05) is 6.92 Å². The second-order valence-electron chi connectivity index (χ2n) is 4.30. The molecule has 1 fully saturated rings. The molecule has 0 heterocycles. The molecular formula is C11H18O3. The van der Waals surface area contributed by atoms with Crippen LogP contribution in [0.15, 0.2) is 0 Å². The standard InChI is InChI=1S/C11H18O3/c1-3-11(8(2)12)6-4-9(5-7-11)10(13)14/h9H,3-7H2,1-2H3,(H,13,14)/t9-,11-. The lowest BCUT2D eigenvalue weighted by Crippen LogP contribution is -2.35. The topological polar surface area (TPSA) is 54.4 Å². The van der Waals surface area contributed by atoms with E-state index in [0.717, 1.165) is 19.3 Å². The maximum absolute atomic E-state index is 11.5. The third kappa shape index (κ3) is 1.97. The zero-order valence-electron chi connectivity index (χ0n) is 8.88. The van der Waals surface area contributed by atoms with Crippen molar-refractivity contribution in [1.29, 1.82) is 0 Å². The highest BCUT2D eigenvalue weighted by Gasteiger charge is 2.39. The van der Waals surface area contributed by atoms with Gasteiger partial charge >= 0.3 is 5.97 Å². The van der Waals surface area contributed by atoms with Crippen LogP contribution in [0.25, 0.3) is 0 Å². The Kier molecular flexibility index (Phi) is 3.29. The fourth-order valence-electron chi connectivity index (χ4n) is 2.37. The Morgan fingerprint density at radius 3 is 2.14 bits per heavy atom. The Balaban J connectivity index is 2.64. The highest BCUT2D eigenvalue weighted by Crippen LogP contribution is 2.42. The second kappa shape index (κ2) is 4.11. The zero-order valence-corrected chi connectivity index (χ0v) is 8.88. The van der Waals surface area contributed by atoms with Crippen molar-refractivity contribution in [2.75, 3.05) is 0 Å². The molecule has 0 aromatic heterocycles. The molecule has 14 heavy (non-hydrogen) atoms. The maximum atomic E-state index is 11.5. The number of aliphatic carboxylic acids is 1. The van der Waals surface area contributed by atoms with Crippen LogP contribution in [-0.2, 0) is 9.59 Å². The van der Waals surface area contributed by atoms with Crippen LogP contribution in [-0.4, -0.2) is 16.9 Å². The summed E-state index contributed by atoms with van der Waals surface area (Å²) in [5, 5.41) is 8.83. The first-order valence-corrected chi connectivity index (χ1v) is 5.25. The number of Topliss-reactive ketones (excluding diaryl/α,β-unsaturated/α-hetero) is 1. The highest BCUT2D eigenvalue weighted by atomic mass is 16.4. The quantitative estimate of drug-likeness (QED) is 0.756. The number of hydrogen-bond acceptors (Lipinski definition) is 2. The molecule has 0 amide bonds. The van der Waals surface area contributed by atoms with Gasteiger partial charge in [0.25, 0.3) is 0 Å². The molecule has 0 bridgehead atoms. The van der Waals surface area contributed by atoms with E-state index < -0.39 is 5.97 Å². The minimum Gasteiger partial charge on any atom is -0.481 e. The molecule has 3 heteroatoms. The third-order valence-electron chi connectivity index (χ3n) is 3.72. The van der Waals surface area contributed by atoms with Gasteiger partial charge in [-0.25, -0.2) is 0 Å². The summed E-state index contributed by atoms with van der Waals surface area (Å²) in [7, 11) is 0. The van der Waals surface area contributed by atoms with Gasteiger partial charge in [-0.2, -0.15) is 0 Å². The van der Waals surface area contributed by atoms with Crippen molar-refractivity contribution in [2.24, 2.45) is 11.3 Å². The van der Waals surface area contributed by atoms with E-state index in [-0.39, 0.29) is 17.1 Å². The predicted molar refractivity (Wildman–Crippen MR) is 53.0 cm³/mol. The molecule has 0 saturated heterocycles. The minimum absolute atomic E-state index is 0.216. The summed E-state index contributed by atoms with van der Waals surface area (Å²) >= 11 is 0. The number of carbonyl (C=O) groups excluding carboxylic acids is 1. The zero-order chi connectivity index (χ0) is 10.8. The van der Waals surface area contributed by atoms with Crippen LogP contribution in [0.3, 0.4) is 0 Å². The van der Waals surface area contributed by atoms with Crippen molar-refractivity contribution in [2.45, 2.75) is 46.0 Å². The Labute approximate surface area is 84.5 Å². The predicted octanol–water partition coefficient (Wildman–Crippen LogP) is 2.25. The lowest BCUT2D eigenvalue weighted by molar-refractivity contribution is -0.145. The molecule has 1 aliphatic rings. The average Bonchev–Trinajstić information content (AvgIpc) is 2.17. The molecule has 3 nitrogen and oxygen atoms in total. The fraction of sp³-hybridized carbons (Fsp3) is 0.818. The molecule has 1 N–H and O–H groups in total. The van der Waals surface area contributed by atoms with Gasteiger partial charge in [-0.15, -0.1) is 0 Å². The number of carboxylic acid groups (broad SMARTS) is 1. The van der Waals surface area contributed by atoms with Gasteiger partial charge in [-0.3, -0.25) is 9.59 Å². The molecule has 0 spiro atoms. The lowest BCUT2D eigenvalue weighted by Gasteiger charge is -2.36. The summed E-state index contributed by atoms with van der Waals surface area (Å²) in [5.41, 5.74) is -0.216. The van der Waals surface area contributed by atoms with Crippen LogP contribution < -0.4 is 0 Å². The van der Waals surface area contributed by atoms with Crippen LogP contribution in [0.5, 0.6) is 0 Å². The van der Waals surface area contributed by atoms with Gasteiger partial charge in [0.15, 0.2) is 0 Å². The van der Waals surface area contributed by atoms with Gasteiger partial charge in [0.05, 0.1) is 5.92 Å². The molecule has 1 aliphatic carbocycles. The normalized spacial score (nSPS) is 32.6. The van der Waals surface area contributed by atoms with Crippen LogP contribution in [0, 0.1) is 11.3 Å². The van der Waals surface area contributed by atoms with Gasteiger partial charge in [0, 0.05) is 5.41 Å². The minimum atomic E-state index is -0.710. The smallest absolute Gasteiger partial charge is 0.306 e. The molecule has 0 aliphatic heterocycles. The van der Waals surface area contributed by atoms with Crippen LogP contribution in [0.4, 0.5) is 0 Å². The van der Waals surface area contributed by atoms with Crippen molar-refractivity contribution in [1.82, 2.24) is 0 Å². The van der Waals surface area contributed by atoms with E-state index in [4.69, 9.17) is 5.11 Å². The summed E-state index contributed by atoms with van der Waals surface area (Å²) in [6.45, 7) is 3.65. The number of hydrogen-bond donors (Lipinski definition) is 1. The summed E-state index contributed by atoms with van der Waals surface area (Å²) in [5.74, 6) is -0.712. The van der Waals surface area contributed by atoms with E-state index >= 15 is 0 Å². The third-order valence-corrected chi connectivity index (χ3v) is 3.72. The Bertz CT molecular complexity index is 237. The van der Waals surface area contributed by atoms with Gasteiger partial charge in [0.1, 0.15) is 5.78 Å². The van der Waals surface area contributed by atoms with Crippen molar-refractivity contribution in [3.8, 4) is 0 Å². The van der Waals surface area contributed by atoms with Crippen molar-refractivity contribution < 1.29 is 14.7 Å². The number of rotatable bonds is 3. The Morgan fingerprint density at radius 2 is 1.86 bits per heavy atom. The Morgan fingerprint density at radius 1 is 1.36 bits per heavy atom. The molecule has 1 rings (SSSR count). The van der Waals surface area contributed by atoms with Crippen molar-refractivity contribution >= 4 is 11.8 Å². The molecular weight excluding hydrogens is 180 g/mol. The van der Waals surface area contributed by atoms with E-state index in [0.29, 0.717) is 12.8 Å². The largest absolute Gasteiger partial charge is 0.481 e. The van der Waals surface area contributed by atoms with Gasteiger partial charge in [0.2, 0.25) is 0 Å². The molecule has 0 radical (unpaired) electrons. The number of carboxylic acids is 1. The fourth-order valence-corrected chi connectivity index (χ4v) is 2.37. The van der Waals surface area contributed by atoms with E-state index in [2.05, 4.69) is 0 Å². The lowest BCUT2D eigenvalue weighted by atomic mass is 9.67. The SMILES string of the molecule is CC[C@]1(C(C)=O)CC[C@H](C(=O)O)CC1. The van der Waals surface area contributed by atoms with Crippen LogP contribution in [0.1, 0.15) is 46.0 Å². The summed E-state index contributed by atoms with van der Waals surface area (Å²) < 4.78 is 0. The van der Waals surface area contributed by atoms with Gasteiger partial charge < -0.3 is 5.11 Å². The monoisotopic (exact) mass is 198 g/mol. The van der Waals surface area contributed by atoms with E-state index in [9.17, 15) is 9.59 Å². The first kappa shape index (κ1) is 11.2. The van der Waals surface area contributed by atoms with Crippen LogP contribution >= 0.6 is 0 Å². The molecule has 80 valence electrons. The summed E-state index contributed by atoms with van der Waals surface area (Å²) in [6, 6.07) is 0. The highest BCUT2D eigenvalue weighted by molar-refractivity contribution is 5.82. The Hall–Kier alpha value is -0.860. The van der Waals surface area contributed by atoms with Gasteiger partial charge in [-0.05, 0) is 39.0 Å². The molecule has 0 unspecified atom stereocenters. The first-order chi connectivity index (χ1) is 6.52. The van der Waals surface area contributed by atoms with Crippen LogP contribution in [0.2, 0.25) is 0 Å². The second-order valence-corrected chi connectivity index (χ2v) is 4.30.